The van der Waals surface area contributed by atoms with Crippen molar-refractivity contribution in [3.05, 3.63) is 331 Å². The van der Waals surface area contributed by atoms with Crippen molar-refractivity contribution >= 4 is 86.8 Å². The number of benzene rings is 8. The van der Waals surface area contributed by atoms with Crippen LogP contribution in [0.5, 0.6) is 0 Å². The highest BCUT2D eigenvalue weighted by Crippen LogP contribution is 2.26. The molecule has 0 N–H and O–H groups in total. The molecule has 0 saturated carbocycles. The topological polar surface area (TPSA) is 103 Å². The number of pyridine rings is 8. The SMILES string of the molecule is Cc1cc(C)c2cccc(C)c2n1.Cc1cc(C)c2ccccc2n1.Cc1cc2c(C)cccc2c(C)n1.Cc1cc2c(C)cccc2nc1C.Cc1cc2cccc(C)c2cn1.Cc1cc2ccccc2c(C)n1.Cc1ccc2nc(C)cc(C)c2c1.Cc1nc2ccccc2c(C)c1C. The molecule has 16 rings (SSSR count). The zero-order chi connectivity index (χ0) is 72.8. The van der Waals surface area contributed by atoms with Crippen molar-refractivity contribution in [3.8, 4) is 0 Å². The molecule has 0 aliphatic heterocycles. The monoisotopic (exact) mass is 1330 g/mol. The average molecular weight is 1330 g/mol. The lowest BCUT2D eigenvalue weighted by Gasteiger charge is -2.07. The van der Waals surface area contributed by atoms with E-state index in [0.717, 1.165) is 84.5 Å². The second-order valence-electron chi connectivity index (χ2n) is 27.0. The molecule has 0 unspecified atom stereocenters. The van der Waals surface area contributed by atoms with Crippen LogP contribution in [0.3, 0.4) is 0 Å². The van der Waals surface area contributed by atoms with E-state index in [1.54, 1.807) is 0 Å². The Balaban J connectivity index is 0.000000134. The van der Waals surface area contributed by atoms with E-state index in [1.165, 1.54) is 120 Å². The minimum atomic E-state index is 1.08. The summed E-state index contributed by atoms with van der Waals surface area (Å²) < 4.78 is 0. The van der Waals surface area contributed by atoms with Gasteiger partial charge < -0.3 is 0 Å². The Bertz CT molecular complexity index is 5400. The number of hydrogen-bond acceptors (Lipinski definition) is 8. The second kappa shape index (κ2) is 33.7. The number of hydrogen-bond donors (Lipinski definition) is 0. The van der Waals surface area contributed by atoms with Crippen LogP contribution in [-0.4, -0.2) is 39.9 Å². The van der Waals surface area contributed by atoms with E-state index in [1.807, 2.05) is 72.0 Å². The molecule has 0 spiro atoms. The van der Waals surface area contributed by atoms with Gasteiger partial charge in [-0.15, -0.1) is 0 Å². The fourth-order valence-electron chi connectivity index (χ4n) is 12.8. The van der Waals surface area contributed by atoms with Crippen molar-refractivity contribution in [1.82, 2.24) is 39.9 Å². The third-order valence-electron chi connectivity index (χ3n) is 18.5. The van der Waals surface area contributed by atoms with Crippen molar-refractivity contribution < 1.29 is 0 Å². The maximum atomic E-state index is 4.54. The lowest BCUT2D eigenvalue weighted by molar-refractivity contribution is 1.15. The van der Waals surface area contributed by atoms with Gasteiger partial charge in [0.2, 0.25) is 0 Å². The maximum Gasteiger partial charge on any atom is 0.0736 e. The van der Waals surface area contributed by atoms with E-state index in [9.17, 15) is 0 Å². The first-order valence-corrected chi connectivity index (χ1v) is 34.9. The smallest absolute Gasteiger partial charge is 0.0736 e. The summed E-state index contributed by atoms with van der Waals surface area (Å²) in [5.41, 5.74) is 30.9. The third-order valence-corrected chi connectivity index (χ3v) is 18.5. The molecule has 0 radical (unpaired) electrons. The number of rotatable bonds is 0. The molecule has 101 heavy (non-hydrogen) atoms. The maximum absolute atomic E-state index is 4.54. The molecule has 8 nitrogen and oxygen atoms in total. The molecule has 8 aromatic carbocycles. The summed E-state index contributed by atoms with van der Waals surface area (Å²) in [4.78, 5) is 35.6. The first kappa shape index (κ1) is 74.3. The first-order chi connectivity index (χ1) is 48.2. The highest BCUT2D eigenvalue weighted by molar-refractivity contribution is 5.90. The second-order valence-corrected chi connectivity index (χ2v) is 27.0. The van der Waals surface area contributed by atoms with Crippen LogP contribution < -0.4 is 0 Å². The third kappa shape index (κ3) is 19.1. The summed E-state index contributed by atoms with van der Waals surface area (Å²) in [6.07, 6.45) is 1.94. The summed E-state index contributed by atoms with van der Waals surface area (Å²) in [5.74, 6) is 0. The quantitative estimate of drug-likeness (QED) is 0.148. The molecule has 0 atom stereocenters. The highest BCUT2D eigenvalue weighted by Gasteiger charge is 2.08. The predicted molar refractivity (Wildman–Crippen MR) is 433 cm³/mol. The highest BCUT2D eigenvalue weighted by atomic mass is 14.7. The van der Waals surface area contributed by atoms with Gasteiger partial charge in [-0.05, 0) is 290 Å². The molecule has 0 bridgehead atoms. The van der Waals surface area contributed by atoms with Crippen LogP contribution in [0.4, 0.5) is 0 Å². The predicted octanol–water partition coefficient (Wildman–Crippen LogP) is 24.4. The van der Waals surface area contributed by atoms with Gasteiger partial charge in [0.25, 0.3) is 0 Å². The van der Waals surface area contributed by atoms with E-state index in [-0.39, 0.29) is 0 Å². The van der Waals surface area contributed by atoms with Gasteiger partial charge >= 0.3 is 0 Å². The zero-order valence-electron chi connectivity index (χ0n) is 63.3. The Kier molecular flexibility index (Phi) is 24.8. The van der Waals surface area contributed by atoms with E-state index < -0.39 is 0 Å². The molecule has 0 aliphatic carbocycles. The molecule has 16 aromatic rings. The van der Waals surface area contributed by atoms with Crippen LogP contribution in [0.25, 0.3) is 86.8 Å². The Labute approximate surface area is 599 Å². The van der Waals surface area contributed by atoms with E-state index in [2.05, 4.69) is 326 Å². The van der Waals surface area contributed by atoms with Crippen molar-refractivity contribution in [1.29, 1.82) is 0 Å². The molecule has 8 heteroatoms. The molecule has 8 aromatic heterocycles. The van der Waals surface area contributed by atoms with Gasteiger partial charge in [0.15, 0.2) is 0 Å². The number of para-hydroxylation sites is 3. The van der Waals surface area contributed by atoms with Crippen LogP contribution in [-0.2, 0) is 0 Å². The summed E-state index contributed by atoms with van der Waals surface area (Å²) in [6.45, 7) is 43.8. The number of fused-ring (bicyclic) bond motifs is 8. The molecule has 0 saturated heterocycles. The fraction of sp³-hybridized carbons (Fsp3) is 0.226. The molecule has 0 fully saturated rings. The van der Waals surface area contributed by atoms with Crippen LogP contribution >= 0.6 is 0 Å². The lowest BCUT2D eigenvalue weighted by atomic mass is 10.0. The normalized spacial score (nSPS) is 10.6. The minimum Gasteiger partial charge on any atom is -0.261 e. The van der Waals surface area contributed by atoms with Crippen molar-refractivity contribution in [2.45, 2.75) is 145 Å². The molecule has 0 aliphatic rings. The van der Waals surface area contributed by atoms with Gasteiger partial charge in [0.05, 0.1) is 27.6 Å². The minimum absolute atomic E-state index is 1.08. The number of nitrogens with zero attached hydrogens (tertiary/aromatic N) is 8. The Hall–Kier alpha value is -11.0. The van der Waals surface area contributed by atoms with Crippen LogP contribution in [0, 0.1) is 145 Å². The van der Waals surface area contributed by atoms with Crippen LogP contribution in [0.15, 0.2) is 212 Å². The molecular weight excluding hydrogens is 1230 g/mol. The Morgan fingerprint density at radius 1 is 0.198 bits per heavy atom. The molecule has 0 amide bonds. The van der Waals surface area contributed by atoms with Crippen molar-refractivity contribution in [3.63, 3.8) is 0 Å². The fourth-order valence-corrected chi connectivity index (χ4v) is 12.8. The zero-order valence-corrected chi connectivity index (χ0v) is 63.3. The number of aromatic nitrogens is 8. The standard InChI is InChI=1S/5C12H13N.3C11H11N/c1-8-4-5-12-11(6-8)9(2)7-10(3)13-12;1-8-5-4-6-11-10(3)13-9(2)7-12(8)11;1-8-5-4-6-12-11(8)7-9(2)10(3)13-12;1-8-5-4-6-11-9(2)7-10(3)13-12(8)11;1-8-9(2)11-6-4-5-7-12(11)13-10(8)3;1-8-4-3-5-10-6-9(2)12-7-11(8)10;1-8-7-10-5-3-4-6-11(10)9(2)12-8;1-8-7-9(2)12-11-6-4-3-5-10(8)11/h5*4-7H,1-3H3;3*3-7H,1-2H3. The van der Waals surface area contributed by atoms with Gasteiger partial charge in [-0.1, -0.05) is 139 Å². The average Bonchev–Trinajstić information content (AvgIpc) is 0.914. The van der Waals surface area contributed by atoms with Gasteiger partial charge in [0, 0.05) is 106 Å². The van der Waals surface area contributed by atoms with Gasteiger partial charge in [-0.3, -0.25) is 39.9 Å². The van der Waals surface area contributed by atoms with Crippen LogP contribution in [0.1, 0.15) is 118 Å². The summed E-state index contributed by atoms with van der Waals surface area (Å²) in [7, 11) is 0. The van der Waals surface area contributed by atoms with Gasteiger partial charge in [-0.2, -0.15) is 0 Å². The van der Waals surface area contributed by atoms with Gasteiger partial charge in [0.1, 0.15) is 0 Å². The van der Waals surface area contributed by atoms with E-state index in [0.29, 0.717) is 0 Å². The largest absolute Gasteiger partial charge is 0.261 e. The van der Waals surface area contributed by atoms with Gasteiger partial charge in [-0.25, -0.2) is 0 Å². The summed E-state index contributed by atoms with van der Waals surface area (Å²) in [5, 5.41) is 14.0. The lowest BCUT2D eigenvalue weighted by Crippen LogP contribution is -1.92. The van der Waals surface area contributed by atoms with Crippen molar-refractivity contribution in [2.24, 2.45) is 0 Å². The number of aryl methyl sites for hydroxylation is 20. The van der Waals surface area contributed by atoms with Crippen molar-refractivity contribution in [2.75, 3.05) is 0 Å². The van der Waals surface area contributed by atoms with E-state index in [4.69, 9.17) is 0 Å². The van der Waals surface area contributed by atoms with E-state index >= 15 is 0 Å². The molecular formula is C93H98N8. The molecule has 8 heterocycles. The molecule has 510 valence electrons. The Morgan fingerprint density at radius 2 is 0.614 bits per heavy atom. The summed E-state index contributed by atoms with van der Waals surface area (Å²) >= 11 is 0. The Morgan fingerprint density at radius 3 is 1.29 bits per heavy atom. The first-order valence-electron chi connectivity index (χ1n) is 34.9. The summed E-state index contributed by atoms with van der Waals surface area (Å²) in [6, 6.07) is 71.4. The van der Waals surface area contributed by atoms with Crippen LogP contribution in [0.2, 0.25) is 0 Å².